The summed E-state index contributed by atoms with van der Waals surface area (Å²) in [6, 6.07) is 0. The van der Waals surface area contributed by atoms with Crippen molar-refractivity contribution in [3.05, 3.63) is 0 Å². The number of ether oxygens (including phenoxy) is 1. The minimum Gasteiger partial charge on any atom is -0.373 e. The Hall–Kier alpha value is -0.810. The maximum atomic E-state index is 11.4. The third kappa shape index (κ3) is 3.54. The fourth-order valence-electron chi connectivity index (χ4n) is 1.11. The second-order valence-electron chi connectivity index (χ2n) is 3.07. The van der Waals surface area contributed by atoms with E-state index in [0.29, 0.717) is 12.8 Å². The first-order chi connectivity index (χ1) is 5.63. The molecule has 0 saturated heterocycles. The highest BCUT2D eigenvalue weighted by Crippen LogP contribution is 2.09. The molecule has 0 amide bonds. The number of carbonyl (C=O) groups excluding carboxylic acids is 1. The molecule has 0 aromatic carbocycles. The van der Waals surface area contributed by atoms with E-state index in [-0.39, 0.29) is 17.8 Å². The van der Waals surface area contributed by atoms with Crippen molar-refractivity contribution in [2.45, 2.75) is 32.8 Å². The quantitative estimate of drug-likeness (QED) is 0.583. The molecule has 0 N–H and O–H groups in total. The molecule has 0 aliphatic rings. The molecule has 0 bridgehead atoms. The van der Waals surface area contributed by atoms with Crippen LogP contribution >= 0.6 is 0 Å². The van der Waals surface area contributed by atoms with E-state index in [1.807, 2.05) is 13.8 Å². The number of hydrogen-bond acceptors (Lipinski definition) is 2. The maximum Gasteiger partial charge on any atom is 0.162 e. The Bertz CT molecular complexity index is 177. The van der Waals surface area contributed by atoms with Crippen molar-refractivity contribution >= 4 is 5.78 Å². The second kappa shape index (κ2) is 5.79. The number of ketones is 1. The van der Waals surface area contributed by atoms with Crippen LogP contribution in [0.4, 0.5) is 0 Å². The minimum absolute atomic E-state index is 0.102. The van der Waals surface area contributed by atoms with Crippen molar-refractivity contribution in [3.63, 3.8) is 0 Å². The number of rotatable bonds is 5. The maximum absolute atomic E-state index is 11.4. The van der Waals surface area contributed by atoms with Crippen LogP contribution in [0.5, 0.6) is 0 Å². The lowest BCUT2D eigenvalue weighted by atomic mass is 10.00. The second-order valence-corrected chi connectivity index (χ2v) is 3.07. The summed E-state index contributed by atoms with van der Waals surface area (Å²) in [5.74, 6) is 2.76. The van der Waals surface area contributed by atoms with Gasteiger partial charge in [0.1, 0.15) is 6.10 Å². The van der Waals surface area contributed by atoms with E-state index in [4.69, 9.17) is 11.2 Å². The van der Waals surface area contributed by atoms with Crippen LogP contribution in [-0.2, 0) is 9.53 Å². The van der Waals surface area contributed by atoms with E-state index in [1.54, 1.807) is 7.11 Å². The summed E-state index contributed by atoms with van der Waals surface area (Å²) < 4.78 is 5.05. The van der Waals surface area contributed by atoms with Gasteiger partial charge in [-0.3, -0.25) is 4.79 Å². The third-order valence-corrected chi connectivity index (χ3v) is 1.69. The van der Waals surface area contributed by atoms with Crippen LogP contribution in [0, 0.1) is 18.3 Å². The Labute approximate surface area is 74.3 Å². The Balaban J connectivity index is 3.96. The standard InChI is InChI=1S/C10H16O2/c1-5-6-7-9(11)10(12-4)8(2)3/h1,8,10H,6-7H2,2-4H3. The van der Waals surface area contributed by atoms with Crippen LogP contribution in [0.25, 0.3) is 0 Å². The molecule has 0 radical (unpaired) electrons. The Morgan fingerprint density at radius 2 is 2.17 bits per heavy atom. The highest BCUT2D eigenvalue weighted by molar-refractivity contribution is 5.83. The number of carbonyl (C=O) groups is 1. The predicted molar refractivity (Wildman–Crippen MR) is 48.7 cm³/mol. The van der Waals surface area contributed by atoms with Crippen LogP contribution < -0.4 is 0 Å². The monoisotopic (exact) mass is 168 g/mol. The third-order valence-electron chi connectivity index (χ3n) is 1.69. The molecule has 0 aromatic heterocycles. The van der Waals surface area contributed by atoms with Gasteiger partial charge in [0.15, 0.2) is 5.78 Å². The average Bonchev–Trinajstić information content (AvgIpc) is 2.01. The smallest absolute Gasteiger partial charge is 0.162 e. The fourth-order valence-corrected chi connectivity index (χ4v) is 1.11. The van der Waals surface area contributed by atoms with Crippen LogP contribution in [0.3, 0.4) is 0 Å². The van der Waals surface area contributed by atoms with Gasteiger partial charge in [-0.15, -0.1) is 12.3 Å². The molecular formula is C10H16O2. The van der Waals surface area contributed by atoms with Crippen molar-refractivity contribution in [3.8, 4) is 12.3 Å². The van der Waals surface area contributed by atoms with Crippen molar-refractivity contribution in [2.75, 3.05) is 7.11 Å². The van der Waals surface area contributed by atoms with Crippen LogP contribution in [0.1, 0.15) is 26.7 Å². The fraction of sp³-hybridized carbons (Fsp3) is 0.700. The van der Waals surface area contributed by atoms with Gasteiger partial charge >= 0.3 is 0 Å². The molecule has 0 fully saturated rings. The topological polar surface area (TPSA) is 26.3 Å². The minimum atomic E-state index is -0.293. The molecule has 0 heterocycles. The molecule has 2 nitrogen and oxygen atoms in total. The van der Waals surface area contributed by atoms with Crippen molar-refractivity contribution < 1.29 is 9.53 Å². The van der Waals surface area contributed by atoms with Gasteiger partial charge in [0.25, 0.3) is 0 Å². The lowest BCUT2D eigenvalue weighted by molar-refractivity contribution is -0.131. The Morgan fingerprint density at radius 3 is 2.50 bits per heavy atom. The molecule has 68 valence electrons. The first kappa shape index (κ1) is 11.2. The molecule has 2 heteroatoms. The Morgan fingerprint density at radius 1 is 1.58 bits per heavy atom. The SMILES string of the molecule is C#CCCC(=O)C(OC)C(C)C. The lowest BCUT2D eigenvalue weighted by Crippen LogP contribution is -2.28. The molecule has 0 saturated carbocycles. The summed E-state index contributed by atoms with van der Waals surface area (Å²) in [6.45, 7) is 3.92. The van der Waals surface area contributed by atoms with E-state index in [2.05, 4.69) is 5.92 Å². The zero-order valence-electron chi connectivity index (χ0n) is 7.96. The van der Waals surface area contributed by atoms with Crippen molar-refractivity contribution in [1.29, 1.82) is 0 Å². The zero-order valence-corrected chi connectivity index (χ0v) is 7.96. The molecule has 0 aliphatic carbocycles. The predicted octanol–water partition coefficient (Wildman–Crippen LogP) is 1.64. The highest BCUT2D eigenvalue weighted by Gasteiger charge is 2.20. The zero-order chi connectivity index (χ0) is 9.56. The van der Waals surface area contributed by atoms with Crippen molar-refractivity contribution in [1.82, 2.24) is 0 Å². The molecule has 12 heavy (non-hydrogen) atoms. The van der Waals surface area contributed by atoms with E-state index in [1.165, 1.54) is 0 Å². The molecule has 0 aromatic rings. The number of terminal acetylenes is 1. The molecular weight excluding hydrogens is 152 g/mol. The van der Waals surface area contributed by atoms with Gasteiger partial charge in [-0.25, -0.2) is 0 Å². The summed E-state index contributed by atoms with van der Waals surface area (Å²) in [6.07, 6.45) is 5.69. The van der Waals surface area contributed by atoms with Gasteiger partial charge < -0.3 is 4.74 Å². The number of methoxy groups -OCH3 is 1. The van der Waals surface area contributed by atoms with Crippen molar-refractivity contribution in [2.24, 2.45) is 5.92 Å². The summed E-state index contributed by atoms with van der Waals surface area (Å²) >= 11 is 0. The van der Waals surface area contributed by atoms with Crippen LogP contribution in [0.2, 0.25) is 0 Å². The lowest BCUT2D eigenvalue weighted by Gasteiger charge is -2.16. The highest BCUT2D eigenvalue weighted by atomic mass is 16.5. The first-order valence-corrected chi connectivity index (χ1v) is 4.12. The van der Waals surface area contributed by atoms with Gasteiger partial charge in [0.05, 0.1) is 0 Å². The van der Waals surface area contributed by atoms with E-state index in [9.17, 15) is 4.79 Å². The summed E-state index contributed by atoms with van der Waals surface area (Å²) in [4.78, 5) is 11.4. The van der Waals surface area contributed by atoms with E-state index < -0.39 is 0 Å². The Kier molecular flexibility index (Phi) is 5.40. The van der Waals surface area contributed by atoms with Gasteiger partial charge in [-0.2, -0.15) is 0 Å². The average molecular weight is 168 g/mol. The summed E-state index contributed by atoms with van der Waals surface area (Å²) in [7, 11) is 1.55. The summed E-state index contributed by atoms with van der Waals surface area (Å²) in [5, 5.41) is 0. The largest absolute Gasteiger partial charge is 0.373 e. The molecule has 0 rings (SSSR count). The van der Waals surface area contributed by atoms with Crippen LogP contribution in [0.15, 0.2) is 0 Å². The number of hydrogen-bond donors (Lipinski definition) is 0. The molecule has 1 unspecified atom stereocenters. The molecule has 0 spiro atoms. The van der Waals surface area contributed by atoms with Crippen LogP contribution in [-0.4, -0.2) is 19.0 Å². The molecule has 1 atom stereocenters. The number of Topliss-reactive ketones (excluding diaryl/α,β-unsaturated/α-hetero) is 1. The summed E-state index contributed by atoms with van der Waals surface area (Å²) in [5.41, 5.74) is 0. The van der Waals surface area contributed by atoms with Gasteiger partial charge in [0, 0.05) is 20.0 Å². The van der Waals surface area contributed by atoms with Gasteiger partial charge in [0.2, 0.25) is 0 Å². The first-order valence-electron chi connectivity index (χ1n) is 4.12. The van der Waals surface area contributed by atoms with Gasteiger partial charge in [-0.05, 0) is 5.92 Å². The van der Waals surface area contributed by atoms with E-state index in [0.717, 1.165) is 0 Å². The molecule has 0 aliphatic heterocycles. The van der Waals surface area contributed by atoms with E-state index >= 15 is 0 Å². The van der Waals surface area contributed by atoms with Gasteiger partial charge in [-0.1, -0.05) is 13.8 Å². The normalized spacial score (nSPS) is 12.6.